The Bertz CT molecular complexity index is 1030. The monoisotopic (exact) mass is 417 g/mol. The largest absolute Gasteiger partial charge is 0.493 e. The molecule has 0 radical (unpaired) electrons. The van der Waals surface area contributed by atoms with Gasteiger partial charge in [0.2, 0.25) is 0 Å². The van der Waals surface area contributed by atoms with Crippen molar-refractivity contribution in [1.82, 2.24) is 19.5 Å². The molecule has 1 aromatic carbocycles. The van der Waals surface area contributed by atoms with Gasteiger partial charge >= 0.3 is 0 Å². The summed E-state index contributed by atoms with van der Waals surface area (Å²) in [6.07, 6.45) is -1.40. The minimum Gasteiger partial charge on any atom is -0.493 e. The number of hydrogen-bond donors (Lipinski definition) is 4. The van der Waals surface area contributed by atoms with Crippen LogP contribution in [-0.2, 0) is 11.3 Å². The van der Waals surface area contributed by atoms with Gasteiger partial charge in [-0.2, -0.15) is 0 Å². The molecule has 1 aliphatic heterocycles. The van der Waals surface area contributed by atoms with E-state index in [4.69, 9.17) is 14.2 Å². The Balaban J connectivity index is 1.57. The summed E-state index contributed by atoms with van der Waals surface area (Å²) in [6.45, 7) is 0.0433. The van der Waals surface area contributed by atoms with E-state index in [-0.39, 0.29) is 0 Å². The van der Waals surface area contributed by atoms with Gasteiger partial charge in [-0.25, -0.2) is 15.0 Å². The number of methoxy groups -OCH3 is 2. The third kappa shape index (κ3) is 3.52. The van der Waals surface area contributed by atoms with E-state index in [0.29, 0.717) is 35.0 Å². The van der Waals surface area contributed by atoms with Crippen LogP contribution in [0.15, 0.2) is 30.9 Å². The Morgan fingerprint density at radius 2 is 1.90 bits per heavy atom. The first-order valence-electron chi connectivity index (χ1n) is 9.32. The average molecular weight is 417 g/mol. The zero-order valence-electron chi connectivity index (χ0n) is 16.5. The molecule has 0 saturated carbocycles. The van der Waals surface area contributed by atoms with Crippen molar-refractivity contribution < 1.29 is 29.5 Å². The highest BCUT2D eigenvalue weighted by Crippen LogP contribution is 2.32. The van der Waals surface area contributed by atoms with Crippen LogP contribution < -0.4 is 14.8 Å². The molecule has 0 spiro atoms. The molecule has 2 aromatic heterocycles. The van der Waals surface area contributed by atoms with Crippen LogP contribution in [0.2, 0.25) is 0 Å². The maximum Gasteiger partial charge on any atom is 0.167 e. The summed E-state index contributed by atoms with van der Waals surface area (Å²) in [6, 6.07) is 5.59. The fourth-order valence-electron chi connectivity index (χ4n) is 3.45. The second kappa shape index (κ2) is 8.40. The standard InChI is InChI=1S/C19H23N5O6/c1-28-11-4-3-10(5-12(11)29-2)6-20-17-14-18(22-8-21-17)24(9-23-14)19-16(27)15(26)13(7-25)30-19/h3-5,8-9,13,15-16,19,25-27H,6-7H2,1-2H3,(H,20,21,22)/t13-,15?,16?,19-/m1/s1. The normalized spacial score (nSPS) is 23.6. The molecule has 11 heteroatoms. The van der Waals surface area contributed by atoms with E-state index in [1.165, 1.54) is 17.2 Å². The van der Waals surface area contributed by atoms with E-state index in [1.807, 2.05) is 18.2 Å². The van der Waals surface area contributed by atoms with Gasteiger partial charge in [-0.05, 0) is 17.7 Å². The lowest BCUT2D eigenvalue weighted by Gasteiger charge is -2.16. The van der Waals surface area contributed by atoms with E-state index < -0.39 is 31.1 Å². The lowest BCUT2D eigenvalue weighted by atomic mass is 10.1. The highest BCUT2D eigenvalue weighted by Gasteiger charge is 2.44. The highest BCUT2D eigenvalue weighted by molar-refractivity contribution is 5.82. The number of aliphatic hydroxyl groups is 3. The lowest BCUT2D eigenvalue weighted by molar-refractivity contribution is -0.0511. The third-order valence-electron chi connectivity index (χ3n) is 5.06. The van der Waals surface area contributed by atoms with Gasteiger partial charge in [0.25, 0.3) is 0 Å². The van der Waals surface area contributed by atoms with Crippen LogP contribution in [0.1, 0.15) is 11.8 Å². The van der Waals surface area contributed by atoms with E-state index in [2.05, 4.69) is 20.3 Å². The number of aliphatic hydroxyl groups excluding tert-OH is 3. The molecule has 0 bridgehead atoms. The topological polar surface area (TPSA) is 144 Å². The van der Waals surface area contributed by atoms with Crippen molar-refractivity contribution >= 4 is 17.0 Å². The van der Waals surface area contributed by atoms with Crippen LogP contribution in [0, 0.1) is 0 Å². The van der Waals surface area contributed by atoms with E-state index in [9.17, 15) is 15.3 Å². The van der Waals surface area contributed by atoms with Crippen molar-refractivity contribution in [2.24, 2.45) is 0 Å². The first kappa shape index (κ1) is 20.3. The van der Waals surface area contributed by atoms with Crippen LogP contribution in [0.4, 0.5) is 5.82 Å². The molecule has 4 rings (SSSR count). The summed E-state index contributed by atoms with van der Waals surface area (Å²) in [5, 5.41) is 32.8. The number of fused-ring (bicyclic) bond motifs is 1. The fraction of sp³-hybridized carbons (Fsp3) is 0.421. The van der Waals surface area contributed by atoms with Crippen molar-refractivity contribution in [3.63, 3.8) is 0 Å². The molecule has 2 unspecified atom stereocenters. The smallest absolute Gasteiger partial charge is 0.167 e. The second-order valence-electron chi connectivity index (χ2n) is 6.82. The number of benzene rings is 1. The van der Waals surface area contributed by atoms with Crippen LogP contribution >= 0.6 is 0 Å². The number of aromatic nitrogens is 4. The van der Waals surface area contributed by atoms with Crippen molar-refractivity contribution in [2.75, 3.05) is 26.1 Å². The number of nitrogens with one attached hydrogen (secondary N) is 1. The maximum absolute atomic E-state index is 10.3. The molecule has 4 atom stereocenters. The predicted molar refractivity (Wildman–Crippen MR) is 105 cm³/mol. The van der Waals surface area contributed by atoms with Gasteiger partial charge in [0.1, 0.15) is 24.6 Å². The van der Waals surface area contributed by atoms with E-state index in [0.717, 1.165) is 5.56 Å². The van der Waals surface area contributed by atoms with Gasteiger partial charge in [-0.15, -0.1) is 0 Å². The first-order valence-corrected chi connectivity index (χ1v) is 9.32. The van der Waals surface area contributed by atoms with Crippen LogP contribution in [0.3, 0.4) is 0 Å². The molecule has 1 saturated heterocycles. The van der Waals surface area contributed by atoms with Gasteiger partial charge < -0.3 is 34.8 Å². The van der Waals surface area contributed by atoms with E-state index in [1.54, 1.807) is 14.2 Å². The summed E-state index contributed by atoms with van der Waals surface area (Å²) >= 11 is 0. The molecular formula is C19H23N5O6. The summed E-state index contributed by atoms with van der Waals surface area (Å²) < 4.78 is 17.7. The van der Waals surface area contributed by atoms with Crippen molar-refractivity contribution in [1.29, 1.82) is 0 Å². The van der Waals surface area contributed by atoms with Crippen LogP contribution in [-0.4, -0.2) is 74.0 Å². The minimum atomic E-state index is -1.22. The van der Waals surface area contributed by atoms with Gasteiger partial charge in [0, 0.05) is 6.54 Å². The Hall–Kier alpha value is -2.99. The lowest BCUT2D eigenvalue weighted by Crippen LogP contribution is -2.33. The zero-order chi connectivity index (χ0) is 21.3. The van der Waals surface area contributed by atoms with E-state index >= 15 is 0 Å². The Labute approximate surface area is 171 Å². The number of ether oxygens (including phenoxy) is 3. The van der Waals surface area contributed by atoms with Gasteiger partial charge in [0.15, 0.2) is 34.7 Å². The number of imidazole rings is 1. The Morgan fingerprint density at radius 3 is 2.60 bits per heavy atom. The molecule has 30 heavy (non-hydrogen) atoms. The average Bonchev–Trinajstić information content (AvgIpc) is 3.33. The van der Waals surface area contributed by atoms with Crippen molar-refractivity contribution in [3.05, 3.63) is 36.4 Å². The van der Waals surface area contributed by atoms with Gasteiger partial charge in [-0.1, -0.05) is 6.07 Å². The molecule has 160 valence electrons. The molecule has 1 aliphatic rings. The fourth-order valence-corrected chi connectivity index (χ4v) is 3.45. The quantitative estimate of drug-likeness (QED) is 0.417. The molecule has 0 aliphatic carbocycles. The van der Waals surface area contributed by atoms with Crippen molar-refractivity contribution in [2.45, 2.75) is 31.1 Å². The van der Waals surface area contributed by atoms with Gasteiger partial charge in [-0.3, -0.25) is 4.57 Å². The predicted octanol–water partition coefficient (Wildman–Crippen LogP) is 0.0671. The number of rotatable bonds is 7. The summed E-state index contributed by atoms with van der Waals surface area (Å²) in [7, 11) is 3.16. The molecule has 11 nitrogen and oxygen atoms in total. The third-order valence-corrected chi connectivity index (χ3v) is 5.06. The maximum atomic E-state index is 10.3. The molecule has 0 amide bonds. The Morgan fingerprint density at radius 1 is 1.10 bits per heavy atom. The number of hydrogen-bond acceptors (Lipinski definition) is 10. The zero-order valence-corrected chi connectivity index (χ0v) is 16.5. The van der Waals surface area contributed by atoms with Gasteiger partial charge in [0.05, 0.1) is 27.2 Å². The summed E-state index contributed by atoms with van der Waals surface area (Å²) in [5.41, 5.74) is 1.85. The molecule has 3 aromatic rings. The molecular weight excluding hydrogens is 394 g/mol. The molecule has 4 N–H and O–H groups in total. The van der Waals surface area contributed by atoms with Crippen LogP contribution in [0.25, 0.3) is 11.2 Å². The Kier molecular flexibility index (Phi) is 5.68. The highest BCUT2D eigenvalue weighted by atomic mass is 16.6. The molecule has 1 fully saturated rings. The number of anilines is 1. The SMILES string of the molecule is COc1ccc(CNc2ncnc3c2ncn3[C@@H]2O[C@H](CO)C(O)C2O)cc1OC. The first-order chi connectivity index (χ1) is 14.6. The van der Waals surface area contributed by atoms with Crippen molar-refractivity contribution in [3.8, 4) is 11.5 Å². The summed E-state index contributed by atoms with van der Waals surface area (Å²) in [5.74, 6) is 1.77. The minimum absolute atomic E-state index is 0.408. The van der Waals surface area contributed by atoms with Crippen LogP contribution in [0.5, 0.6) is 11.5 Å². The summed E-state index contributed by atoms with van der Waals surface area (Å²) in [4.78, 5) is 12.8. The second-order valence-corrected chi connectivity index (χ2v) is 6.82. The number of nitrogens with zero attached hydrogens (tertiary/aromatic N) is 4. The molecule has 3 heterocycles.